The van der Waals surface area contributed by atoms with Crippen LogP contribution in [0, 0.1) is 0 Å². The molecule has 15 aromatic rings. The van der Waals surface area contributed by atoms with Crippen LogP contribution in [0.15, 0.2) is 309 Å². The number of hydrogen-bond acceptors (Lipinski definition) is 6. The third-order valence-electron chi connectivity index (χ3n) is 19.0. The predicted molar refractivity (Wildman–Crippen MR) is 366 cm³/mol. The van der Waals surface area contributed by atoms with Gasteiger partial charge in [0.05, 0.1) is 34.9 Å². The van der Waals surface area contributed by atoms with Crippen LogP contribution in [0.25, 0.3) is 117 Å². The van der Waals surface area contributed by atoms with Gasteiger partial charge in [-0.1, -0.05) is 267 Å². The third kappa shape index (κ3) is 8.36. The number of nitrogens with zero attached hydrogens (tertiary/aromatic N) is 4. The van der Waals surface area contributed by atoms with E-state index in [4.69, 9.17) is 15.0 Å². The molecule has 7 nitrogen and oxygen atoms in total. The molecule has 90 heavy (non-hydrogen) atoms. The minimum absolute atomic E-state index is 0.123. The Labute approximate surface area is 521 Å². The normalized spacial score (nSPS) is 16.1. The van der Waals surface area contributed by atoms with Gasteiger partial charge in [0.2, 0.25) is 0 Å². The first-order valence-corrected chi connectivity index (χ1v) is 31.0. The van der Waals surface area contributed by atoms with Crippen molar-refractivity contribution < 1.29 is 0 Å². The van der Waals surface area contributed by atoms with Crippen molar-refractivity contribution >= 4 is 32.6 Å². The van der Waals surface area contributed by atoms with Crippen LogP contribution in [0.2, 0.25) is 0 Å². The highest BCUT2D eigenvalue weighted by Crippen LogP contribution is 2.63. The van der Waals surface area contributed by atoms with Crippen molar-refractivity contribution in [3.63, 3.8) is 0 Å². The van der Waals surface area contributed by atoms with E-state index in [0.717, 1.165) is 55.7 Å². The Hall–Kier alpha value is -11.2. The Kier molecular flexibility index (Phi) is 12.1. The maximum atomic E-state index is 5.23. The zero-order valence-electron chi connectivity index (χ0n) is 49.0. The fourth-order valence-corrected chi connectivity index (χ4v) is 14.9. The molecule has 3 atom stereocenters. The van der Waals surface area contributed by atoms with Crippen LogP contribution in [0.5, 0.6) is 0 Å². The summed E-state index contributed by atoms with van der Waals surface area (Å²) in [5.74, 6) is 1.84. The second-order valence-electron chi connectivity index (χ2n) is 23.9. The first-order valence-electron chi connectivity index (χ1n) is 31.0. The van der Waals surface area contributed by atoms with E-state index in [1.54, 1.807) is 0 Å². The van der Waals surface area contributed by atoms with Gasteiger partial charge in [0.25, 0.3) is 0 Å². The zero-order valence-corrected chi connectivity index (χ0v) is 49.0. The molecule has 0 radical (unpaired) electrons. The summed E-state index contributed by atoms with van der Waals surface area (Å²) >= 11 is 0. The average molecular weight is 1150 g/mol. The maximum absolute atomic E-state index is 5.23. The fraction of sp³-hybridized carbons (Fsp3) is 0.0482. The second-order valence-corrected chi connectivity index (χ2v) is 23.9. The highest BCUT2D eigenvalue weighted by molar-refractivity contribution is 6.18. The van der Waals surface area contributed by atoms with E-state index in [2.05, 4.69) is 312 Å². The summed E-state index contributed by atoms with van der Waals surface area (Å²) in [5, 5.41) is 16.9. The van der Waals surface area contributed by atoms with Crippen LogP contribution >= 0.6 is 0 Å². The molecule has 7 heteroatoms. The van der Waals surface area contributed by atoms with Crippen molar-refractivity contribution in [1.29, 1.82) is 0 Å². The van der Waals surface area contributed by atoms with Crippen molar-refractivity contribution in [1.82, 2.24) is 35.5 Å². The van der Waals surface area contributed by atoms with Crippen LogP contribution in [0.4, 0.5) is 0 Å². The largest absolute Gasteiger partial charge is 0.309 e. The van der Waals surface area contributed by atoms with E-state index < -0.39 is 5.41 Å². The molecule has 18 rings (SSSR count). The lowest BCUT2D eigenvalue weighted by Crippen LogP contribution is -2.54. The predicted octanol–water partition coefficient (Wildman–Crippen LogP) is 19.0. The standard InChI is InChI=1S/C83H57N7/c1-3-20-54(21-4-1)77-85-80(57-41-45-63(46-42-57)90-75-36-16-12-32-69(75)70-48-43-53-19-7-8-28-64(53)76(70)90)88-81(86-77)61-27-18-26-60(50-61)59-25-17-24-58(49-59)52-37-39-56(40-38-52)79-84-78(55-22-5-2-6-23-55)87-82(89-79)62-44-47-68-67-31-11-15-35-73(67)83(74(68)51-62)71-33-13-9-29-65(71)66-30-10-14-34-72(66)83/h1-51,78-79,82,84,87,89H. The third-order valence-corrected chi connectivity index (χ3v) is 19.0. The molecule has 1 saturated heterocycles. The monoisotopic (exact) mass is 1150 g/mol. The molecular weight excluding hydrogens is 1090 g/mol. The van der Waals surface area contributed by atoms with Gasteiger partial charge in [-0.2, -0.15) is 0 Å². The number of rotatable bonds is 9. The summed E-state index contributed by atoms with van der Waals surface area (Å²) < 4.78 is 2.39. The van der Waals surface area contributed by atoms with E-state index in [0.29, 0.717) is 17.5 Å². The summed E-state index contributed by atoms with van der Waals surface area (Å²) in [6.07, 6.45) is -0.462. The summed E-state index contributed by atoms with van der Waals surface area (Å²) in [4.78, 5) is 15.5. The molecule has 1 aliphatic heterocycles. The van der Waals surface area contributed by atoms with Crippen molar-refractivity contribution in [2.24, 2.45) is 0 Å². The van der Waals surface area contributed by atoms with E-state index in [1.165, 1.54) is 82.7 Å². The minimum Gasteiger partial charge on any atom is -0.309 e. The van der Waals surface area contributed by atoms with Crippen molar-refractivity contribution in [2.75, 3.05) is 0 Å². The van der Waals surface area contributed by atoms with Crippen LogP contribution in [-0.2, 0) is 5.41 Å². The topological polar surface area (TPSA) is 79.7 Å². The Morgan fingerprint density at radius 2 is 0.722 bits per heavy atom. The SMILES string of the molecule is c1ccc(-c2nc(-c3ccc(-n4c5ccccc5c5ccc6ccccc6c54)cc3)nc(-c3cccc(-c4cccc(-c5ccc(C6NC(c7ccccc7)NC(c7ccc8c(c7)C7(c9ccccc9-c9ccccc97)c7ccccc7-8)N6)cc5)c4)c3)n2)cc1. The van der Waals surface area contributed by atoms with Gasteiger partial charge in [-0.15, -0.1) is 0 Å². The molecule has 2 aliphatic carbocycles. The van der Waals surface area contributed by atoms with Crippen LogP contribution < -0.4 is 16.0 Å². The molecule has 0 bridgehead atoms. The first-order chi connectivity index (χ1) is 44.6. The number of hydrogen-bond donors (Lipinski definition) is 3. The van der Waals surface area contributed by atoms with Crippen LogP contribution in [0.1, 0.15) is 57.4 Å². The van der Waals surface area contributed by atoms with E-state index in [1.807, 2.05) is 18.2 Å². The Morgan fingerprint density at radius 3 is 1.37 bits per heavy atom. The first kappa shape index (κ1) is 52.0. The number of benzene rings is 13. The molecule has 3 aliphatic rings. The lowest BCUT2D eigenvalue weighted by atomic mass is 9.70. The van der Waals surface area contributed by atoms with Gasteiger partial charge in [0.1, 0.15) is 0 Å². The minimum atomic E-state index is -0.427. The zero-order chi connectivity index (χ0) is 59.3. The number of nitrogens with one attached hydrogen (secondary N) is 3. The van der Waals surface area contributed by atoms with E-state index in [9.17, 15) is 0 Å². The van der Waals surface area contributed by atoms with Crippen molar-refractivity contribution in [3.05, 3.63) is 348 Å². The Morgan fingerprint density at radius 1 is 0.278 bits per heavy atom. The van der Waals surface area contributed by atoms with Gasteiger partial charge in [0, 0.05) is 38.5 Å². The van der Waals surface area contributed by atoms with Gasteiger partial charge in [-0.25, -0.2) is 15.0 Å². The molecule has 0 saturated carbocycles. The molecule has 0 amide bonds. The van der Waals surface area contributed by atoms with E-state index >= 15 is 0 Å². The Bertz CT molecular complexity index is 5240. The van der Waals surface area contributed by atoms with Gasteiger partial charge in [-0.3, -0.25) is 16.0 Å². The molecular formula is C83H57N7. The van der Waals surface area contributed by atoms with Gasteiger partial charge >= 0.3 is 0 Å². The highest BCUT2D eigenvalue weighted by atomic mass is 15.4. The summed E-state index contributed by atoms with van der Waals surface area (Å²) in [7, 11) is 0. The molecule has 1 fully saturated rings. The Balaban J connectivity index is 0.654. The average Bonchev–Trinajstić information content (AvgIpc) is 1.52. The van der Waals surface area contributed by atoms with E-state index in [-0.39, 0.29) is 18.5 Å². The molecule has 3 N–H and O–H groups in total. The second kappa shape index (κ2) is 21.0. The van der Waals surface area contributed by atoms with Gasteiger partial charge in [0.15, 0.2) is 17.5 Å². The molecule has 3 unspecified atom stereocenters. The highest BCUT2D eigenvalue weighted by Gasteiger charge is 2.51. The molecule has 424 valence electrons. The van der Waals surface area contributed by atoms with Gasteiger partial charge < -0.3 is 4.57 Å². The summed E-state index contributed by atoms with van der Waals surface area (Å²) in [6, 6.07) is 112. The maximum Gasteiger partial charge on any atom is 0.164 e. The number of para-hydroxylation sites is 1. The molecule has 2 aromatic heterocycles. The summed E-state index contributed by atoms with van der Waals surface area (Å²) in [6.45, 7) is 0. The smallest absolute Gasteiger partial charge is 0.164 e. The molecule has 1 spiro atoms. The lowest BCUT2D eigenvalue weighted by Gasteiger charge is -2.40. The fourth-order valence-electron chi connectivity index (χ4n) is 14.9. The number of fused-ring (bicyclic) bond motifs is 15. The van der Waals surface area contributed by atoms with Crippen LogP contribution in [-0.4, -0.2) is 19.5 Å². The quantitative estimate of drug-likeness (QED) is 0.134. The summed E-state index contributed by atoms with van der Waals surface area (Å²) in [5.41, 5.74) is 24.3. The van der Waals surface area contributed by atoms with Gasteiger partial charge in [-0.05, 0) is 131 Å². The number of aromatic nitrogens is 4. The molecule has 13 aromatic carbocycles. The molecule has 3 heterocycles. The van der Waals surface area contributed by atoms with Crippen molar-refractivity contribution in [2.45, 2.75) is 23.9 Å². The van der Waals surface area contributed by atoms with Crippen molar-refractivity contribution in [3.8, 4) is 84.4 Å². The van der Waals surface area contributed by atoms with Crippen LogP contribution in [0.3, 0.4) is 0 Å². The lowest BCUT2D eigenvalue weighted by molar-refractivity contribution is 0.203.